The second kappa shape index (κ2) is 4.84. The van der Waals surface area contributed by atoms with Crippen LogP contribution in [0.2, 0.25) is 0 Å². The minimum atomic E-state index is -0.482. The highest BCUT2D eigenvalue weighted by Gasteiger charge is 2.30. The highest BCUT2D eigenvalue weighted by Crippen LogP contribution is 2.29. The Labute approximate surface area is 101 Å². The lowest BCUT2D eigenvalue weighted by atomic mass is 9.92. The molecule has 1 aromatic rings. The van der Waals surface area contributed by atoms with Crippen LogP contribution in [0.5, 0.6) is 0 Å². The van der Waals surface area contributed by atoms with Gasteiger partial charge in [-0.25, -0.2) is 0 Å². The monoisotopic (exact) mass is 240 g/mol. The summed E-state index contributed by atoms with van der Waals surface area (Å²) in [5.74, 6) is 0. The Balaban J connectivity index is 2.02. The van der Waals surface area contributed by atoms with Crippen LogP contribution in [0, 0.1) is 0 Å². The minimum Gasteiger partial charge on any atom is -0.390 e. The molecule has 1 unspecified atom stereocenters. The second-order valence-corrected chi connectivity index (χ2v) is 5.62. The maximum absolute atomic E-state index is 9.92. The molecule has 0 spiro atoms. The predicted molar refractivity (Wildman–Crippen MR) is 67.5 cm³/mol. The van der Waals surface area contributed by atoms with Crippen molar-refractivity contribution >= 4 is 11.3 Å². The first kappa shape index (κ1) is 12.0. The van der Waals surface area contributed by atoms with Gasteiger partial charge in [-0.2, -0.15) is 11.3 Å². The van der Waals surface area contributed by atoms with Gasteiger partial charge in [-0.1, -0.05) is 0 Å². The van der Waals surface area contributed by atoms with Crippen LogP contribution in [-0.4, -0.2) is 35.2 Å². The summed E-state index contributed by atoms with van der Waals surface area (Å²) in [5, 5.41) is 14.2. The summed E-state index contributed by atoms with van der Waals surface area (Å²) in [4.78, 5) is 2.39. The van der Waals surface area contributed by atoms with Gasteiger partial charge in [-0.05, 0) is 42.2 Å². The van der Waals surface area contributed by atoms with Gasteiger partial charge >= 0.3 is 0 Å². The summed E-state index contributed by atoms with van der Waals surface area (Å²) in [6.45, 7) is 4.45. The maximum atomic E-state index is 9.92. The van der Waals surface area contributed by atoms with Crippen molar-refractivity contribution < 1.29 is 5.11 Å². The molecule has 2 rings (SSSR count). The molecule has 1 atom stereocenters. The summed E-state index contributed by atoms with van der Waals surface area (Å²) in [6, 6.07) is 2.47. The first-order valence-electron chi connectivity index (χ1n) is 5.81. The first-order chi connectivity index (χ1) is 7.62. The van der Waals surface area contributed by atoms with Crippen LogP contribution >= 0.6 is 11.3 Å². The minimum absolute atomic E-state index is 0.322. The van der Waals surface area contributed by atoms with E-state index in [1.54, 1.807) is 11.3 Å². The third-order valence-electron chi connectivity index (χ3n) is 3.47. The molecular weight excluding hydrogens is 220 g/mol. The van der Waals surface area contributed by atoms with E-state index in [9.17, 15) is 5.11 Å². The molecule has 16 heavy (non-hydrogen) atoms. The van der Waals surface area contributed by atoms with Gasteiger partial charge < -0.3 is 10.8 Å². The zero-order chi connectivity index (χ0) is 11.6. The number of hydrogen-bond acceptors (Lipinski definition) is 4. The Kier molecular flexibility index (Phi) is 3.64. The molecule has 2 heterocycles. The molecule has 1 aromatic heterocycles. The fourth-order valence-corrected chi connectivity index (χ4v) is 2.99. The van der Waals surface area contributed by atoms with Crippen LogP contribution in [0.1, 0.15) is 31.4 Å². The van der Waals surface area contributed by atoms with Crippen molar-refractivity contribution in [3.8, 4) is 0 Å². The van der Waals surface area contributed by atoms with Gasteiger partial charge in [-0.15, -0.1) is 0 Å². The van der Waals surface area contributed by atoms with E-state index in [-0.39, 0.29) is 0 Å². The Morgan fingerprint density at radius 2 is 2.25 bits per heavy atom. The molecule has 3 nitrogen and oxygen atoms in total. The van der Waals surface area contributed by atoms with Gasteiger partial charge in [-0.3, -0.25) is 4.90 Å². The van der Waals surface area contributed by atoms with Crippen LogP contribution < -0.4 is 5.73 Å². The molecule has 1 aliphatic heterocycles. The van der Waals surface area contributed by atoms with Crippen molar-refractivity contribution in [3.05, 3.63) is 22.4 Å². The molecule has 0 aromatic carbocycles. The zero-order valence-corrected chi connectivity index (χ0v) is 10.5. The van der Waals surface area contributed by atoms with E-state index < -0.39 is 5.60 Å². The molecule has 0 aliphatic carbocycles. The van der Waals surface area contributed by atoms with E-state index in [2.05, 4.69) is 21.7 Å². The van der Waals surface area contributed by atoms with Crippen molar-refractivity contribution in [3.63, 3.8) is 0 Å². The Bertz CT molecular complexity index is 314. The van der Waals surface area contributed by atoms with Gasteiger partial charge in [0.25, 0.3) is 0 Å². The van der Waals surface area contributed by atoms with Gasteiger partial charge in [0.2, 0.25) is 0 Å². The summed E-state index contributed by atoms with van der Waals surface area (Å²) in [5.41, 5.74) is 6.69. The highest BCUT2D eigenvalue weighted by molar-refractivity contribution is 7.07. The largest absolute Gasteiger partial charge is 0.390 e. The molecule has 1 fully saturated rings. The number of thiophene rings is 1. The van der Waals surface area contributed by atoms with E-state index in [1.807, 2.05) is 6.92 Å². The average Bonchev–Trinajstić information content (AvgIpc) is 2.75. The van der Waals surface area contributed by atoms with Crippen LogP contribution in [0.4, 0.5) is 0 Å². The fraction of sp³-hybridized carbons (Fsp3) is 0.667. The standard InChI is InChI=1S/C12H20N2OS/c1-12(15)3-5-14(6-4-12)11(8-13)10-2-7-16-9-10/h2,7,9,11,15H,3-6,8,13H2,1H3. The SMILES string of the molecule is CC1(O)CCN(C(CN)c2ccsc2)CC1. The second-order valence-electron chi connectivity index (χ2n) is 4.84. The Morgan fingerprint density at radius 1 is 1.56 bits per heavy atom. The van der Waals surface area contributed by atoms with Crippen molar-refractivity contribution in [1.82, 2.24) is 4.90 Å². The van der Waals surface area contributed by atoms with Crippen molar-refractivity contribution in [2.75, 3.05) is 19.6 Å². The summed E-state index contributed by atoms with van der Waals surface area (Å²) in [7, 11) is 0. The van der Waals surface area contributed by atoms with Crippen molar-refractivity contribution in [2.24, 2.45) is 5.73 Å². The van der Waals surface area contributed by atoms with Crippen LogP contribution in [0.25, 0.3) is 0 Å². The topological polar surface area (TPSA) is 49.5 Å². The Morgan fingerprint density at radius 3 is 2.75 bits per heavy atom. The zero-order valence-electron chi connectivity index (χ0n) is 9.72. The number of rotatable bonds is 3. The quantitative estimate of drug-likeness (QED) is 0.843. The Hall–Kier alpha value is -0.420. The van der Waals surface area contributed by atoms with Crippen LogP contribution in [0.15, 0.2) is 16.8 Å². The number of likely N-dealkylation sites (tertiary alicyclic amines) is 1. The number of nitrogens with two attached hydrogens (primary N) is 1. The third-order valence-corrected chi connectivity index (χ3v) is 4.17. The lowest BCUT2D eigenvalue weighted by Crippen LogP contribution is -2.45. The van der Waals surface area contributed by atoms with Gasteiger partial charge in [0.1, 0.15) is 0 Å². The van der Waals surface area contributed by atoms with E-state index in [0.717, 1.165) is 25.9 Å². The van der Waals surface area contributed by atoms with Crippen LogP contribution in [-0.2, 0) is 0 Å². The molecule has 90 valence electrons. The molecule has 4 heteroatoms. The van der Waals surface area contributed by atoms with E-state index >= 15 is 0 Å². The first-order valence-corrected chi connectivity index (χ1v) is 6.75. The fourth-order valence-electron chi connectivity index (χ4n) is 2.28. The van der Waals surface area contributed by atoms with Gasteiger partial charge in [0, 0.05) is 25.7 Å². The number of aliphatic hydroxyl groups is 1. The molecule has 1 aliphatic rings. The van der Waals surface area contributed by atoms with Gasteiger partial charge in [0.15, 0.2) is 0 Å². The number of nitrogens with zero attached hydrogens (tertiary/aromatic N) is 1. The smallest absolute Gasteiger partial charge is 0.0644 e. The van der Waals surface area contributed by atoms with Crippen molar-refractivity contribution in [1.29, 1.82) is 0 Å². The predicted octanol–water partition coefficient (Wildman–Crippen LogP) is 1.59. The summed E-state index contributed by atoms with van der Waals surface area (Å²) < 4.78 is 0. The third kappa shape index (κ3) is 2.63. The van der Waals surface area contributed by atoms with Crippen LogP contribution in [0.3, 0.4) is 0 Å². The molecule has 1 saturated heterocycles. The molecular formula is C12H20N2OS. The molecule has 0 bridgehead atoms. The lowest BCUT2D eigenvalue weighted by molar-refractivity contribution is -0.0159. The summed E-state index contributed by atoms with van der Waals surface area (Å²) >= 11 is 1.72. The normalized spacial score (nSPS) is 23.2. The molecule has 3 N–H and O–H groups in total. The number of hydrogen-bond donors (Lipinski definition) is 2. The average molecular weight is 240 g/mol. The molecule has 0 amide bonds. The van der Waals surface area contributed by atoms with E-state index in [1.165, 1.54) is 5.56 Å². The lowest BCUT2D eigenvalue weighted by Gasteiger charge is -2.39. The summed E-state index contributed by atoms with van der Waals surface area (Å²) in [6.07, 6.45) is 1.68. The van der Waals surface area contributed by atoms with E-state index in [0.29, 0.717) is 12.6 Å². The highest BCUT2D eigenvalue weighted by atomic mass is 32.1. The molecule has 0 saturated carbocycles. The number of piperidine rings is 1. The van der Waals surface area contributed by atoms with E-state index in [4.69, 9.17) is 5.73 Å². The van der Waals surface area contributed by atoms with Crippen molar-refractivity contribution in [2.45, 2.75) is 31.4 Å². The molecule has 0 radical (unpaired) electrons. The maximum Gasteiger partial charge on any atom is 0.0644 e. The van der Waals surface area contributed by atoms with Gasteiger partial charge in [0.05, 0.1) is 5.60 Å².